The summed E-state index contributed by atoms with van der Waals surface area (Å²) in [6.07, 6.45) is 0. The normalized spacial score (nSPS) is 11.3. The number of nitrogens with zero attached hydrogens (tertiary/aromatic N) is 2. The van der Waals surface area contributed by atoms with Crippen molar-refractivity contribution in [2.45, 2.75) is 41.5 Å². The first-order valence-corrected chi connectivity index (χ1v) is 9.90. The van der Waals surface area contributed by atoms with E-state index in [0.29, 0.717) is 0 Å². The van der Waals surface area contributed by atoms with Gasteiger partial charge in [-0.3, -0.25) is 4.72 Å². The van der Waals surface area contributed by atoms with E-state index in [1.54, 1.807) is 6.92 Å². The molecule has 136 valence electrons. The number of nitrogens with one attached hydrogen (secondary N) is 2. The number of hydrogen-bond donors (Lipinski definition) is 2. The highest BCUT2D eigenvalue weighted by molar-refractivity contribution is 7.92. The second kappa shape index (κ2) is 7.26. The van der Waals surface area contributed by atoms with E-state index in [4.69, 9.17) is 4.52 Å². The molecule has 2 aromatic heterocycles. The summed E-state index contributed by atoms with van der Waals surface area (Å²) in [7, 11) is -3.37. The van der Waals surface area contributed by atoms with Gasteiger partial charge >= 0.3 is 0 Å². The highest BCUT2D eigenvalue weighted by atomic mass is 32.2. The van der Waals surface area contributed by atoms with Crippen molar-refractivity contribution in [3.8, 4) is 11.1 Å². The molecule has 0 saturated heterocycles. The molecule has 0 aliphatic carbocycles. The minimum Gasteiger partial charge on any atom is -0.361 e. The van der Waals surface area contributed by atoms with Crippen LogP contribution in [0, 0.1) is 20.8 Å². The standard InChI is InChI=1S/C15H18N4O3S.C2H6/c1-5-23(20,21)19-15-16-12-7-11(6-8(2)14(12)17-15)13-9(3)18-22-10(13)4;1-2/h6-7H,5H2,1-4H3,(H2,16,17,19);1-2H3. The third-order valence-corrected chi connectivity index (χ3v) is 5.00. The summed E-state index contributed by atoms with van der Waals surface area (Å²) in [5.74, 6) is 0.960. The van der Waals surface area contributed by atoms with Gasteiger partial charge in [-0.15, -0.1) is 0 Å². The maximum atomic E-state index is 11.7. The van der Waals surface area contributed by atoms with E-state index in [2.05, 4.69) is 19.8 Å². The Bertz CT molecular complexity index is 967. The number of sulfonamides is 1. The minimum atomic E-state index is -3.37. The number of anilines is 1. The average molecular weight is 364 g/mol. The first-order valence-electron chi connectivity index (χ1n) is 8.25. The Morgan fingerprint density at radius 1 is 1.20 bits per heavy atom. The lowest BCUT2D eigenvalue weighted by atomic mass is 10.0. The maximum Gasteiger partial charge on any atom is 0.234 e. The van der Waals surface area contributed by atoms with Gasteiger partial charge in [0.05, 0.1) is 22.5 Å². The van der Waals surface area contributed by atoms with Gasteiger partial charge in [-0.05, 0) is 51.0 Å². The topological polar surface area (TPSA) is 101 Å². The van der Waals surface area contributed by atoms with E-state index in [0.717, 1.165) is 39.2 Å². The van der Waals surface area contributed by atoms with E-state index in [1.807, 2.05) is 46.8 Å². The first-order chi connectivity index (χ1) is 11.8. The van der Waals surface area contributed by atoms with Crippen LogP contribution in [0.2, 0.25) is 0 Å². The molecule has 0 atom stereocenters. The molecule has 25 heavy (non-hydrogen) atoms. The number of rotatable bonds is 4. The van der Waals surface area contributed by atoms with Gasteiger partial charge in [-0.1, -0.05) is 19.0 Å². The number of aromatic nitrogens is 3. The average Bonchev–Trinajstić information content (AvgIpc) is 3.12. The molecule has 0 radical (unpaired) electrons. The van der Waals surface area contributed by atoms with Crippen molar-refractivity contribution in [2.24, 2.45) is 0 Å². The van der Waals surface area contributed by atoms with E-state index in [1.165, 1.54) is 0 Å². The number of hydrogen-bond acceptors (Lipinski definition) is 5. The van der Waals surface area contributed by atoms with Crippen molar-refractivity contribution in [3.05, 3.63) is 29.2 Å². The largest absolute Gasteiger partial charge is 0.361 e. The fourth-order valence-electron chi connectivity index (χ4n) is 2.60. The summed E-state index contributed by atoms with van der Waals surface area (Å²) >= 11 is 0. The fourth-order valence-corrected chi connectivity index (χ4v) is 3.13. The molecular formula is C17H24N4O3S. The zero-order chi connectivity index (χ0) is 18.8. The zero-order valence-electron chi connectivity index (χ0n) is 15.4. The molecule has 1 aromatic carbocycles. The summed E-state index contributed by atoms with van der Waals surface area (Å²) in [6, 6.07) is 3.92. The van der Waals surface area contributed by atoms with Gasteiger partial charge in [0.15, 0.2) is 0 Å². The quantitative estimate of drug-likeness (QED) is 0.730. The zero-order valence-corrected chi connectivity index (χ0v) is 16.2. The van der Waals surface area contributed by atoms with Crippen LogP contribution in [0.1, 0.15) is 37.8 Å². The molecule has 0 bridgehead atoms. The molecule has 2 heterocycles. The lowest BCUT2D eigenvalue weighted by molar-refractivity contribution is 0.393. The highest BCUT2D eigenvalue weighted by Crippen LogP contribution is 2.31. The Hall–Kier alpha value is -2.35. The van der Waals surface area contributed by atoms with Crippen LogP contribution < -0.4 is 4.72 Å². The van der Waals surface area contributed by atoms with Crippen LogP contribution in [-0.4, -0.2) is 29.3 Å². The van der Waals surface area contributed by atoms with Gasteiger partial charge in [-0.25, -0.2) is 13.4 Å². The Morgan fingerprint density at radius 3 is 2.44 bits per heavy atom. The highest BCUT2D eigenvalue weighted by Gasteiger charge is 2.16. The molecular weight excluding hydrogens is 340 g/mol. The molecule has 0 aliphatic rings. The molecule has 2 N–H and O–H groups in total. The third kappa shape index (κ3) is 3.84. The summed E-state index contributed by atoms with van der Waals surface area (Å²) in [6.45, 7) is 11.3. The lowest BCUT2D eigenvalue weighted by Crippen LogP contribution is -2.15. The summed E-state index contributed by atoms with van der Waals surface area (Å²) in [4.78, 5) is 7.34. The smallest absolute Gasteiger partial charge is 0.234 e. The van der Waals surface area contributed by atoms with Crippen LogP contribution >= 0.6 is 0 Å². The van der Waals surface area contributed by atoms with Gasteiger partial charge in [0.2, 0.25) is 16.0 Å². The van der Waals surface area contributed by atoms with Gasteiger partial charge in [0.25, 0.3) is 0 Å². The summed E-state index contributed by atoms with van der Waals surface area (Å²) < 4.78 is 31.0. The molecule has 0 amide bonds. The second-order valence-corrected chi connectivity index (χ2v) is 7.49. The van der Waals surface area contributed by atoms with Gasteiger partial charge in [0, 0.05) is 5.56 Å². The Kier molecular flexibility index (Phi) is 5.52. The number of fused-ring (bicyclic) bond motifs is 1. The van der Waals surface area contributed by atoms with Crippen molar-refractivity contribution in [3.63, 3.8) is 0 Å². The molecule has 3 aromatic rings. The van der Waals surface area contributed by atoms with E-state index < -0.39 is 10.0 Å². The summed E-state index contributed by atoms with van der Waals surface area (Å²) in [5.41, 5.74) is 5.14. The van der Waals surface area contributed by atoms with Crippen LogP contribution in [0.5, 0.6) is 0 Å². The van der Waals surface area contributed by atoms with Crippen LogP contribution in [0.4, 0.5) is 5.95 Å². The fraction of sp³-hybridized carbons (Fsp3) is 0.412. The number of benzene rings is 1. The Labute approximate surface area is 147 Å². The molecule has 0 fully saturated rings. The molecule has 0 unspecified atom stereocenters. The van der Waals surface area contributed by atoms with Crippen molar-refractivity contribution < 1.29 is 12.9 Å². The predicted molar refractivity (Wildman–Crippen MR) is 100 cm³/mol. The third-order valence-electron chi connectivity index (χ3n) is 3.73. The minimum absolute atomic E-state index is 0.00659. The van der Waals surface area contributed by atoms with E-state index in [-0.39, 0.29) is 11.7 Å². The lowest BCUT2D eigenvalue weighted by Gasteiger charge is -2.03. The number of aromatic amines is 1. The Morgan fingerprint density at radius 2 is 1.88 bits per heavy atom. The van der Waals surface area contributed by atoms with Crippen molar-refractivity contribution in [1.29, 1.82) is 0 Å². The SMILES string of the molecule is CC.CCS(=O)(=O)Nc1nc2c(C)cc(-c3c(C)noc3C)cc2[nH]1. The summed E-state index contributed by atoms with van der Waals surface area (Å²) in [5, 5.41) is 3.97. The van der Waals surface area contributed by atoms with Crippen molar-refractivity contribution in [1.82, 2.24) is 15.1 Å². The molecule has 7 nitrogen and oxygen atoms in total. The molecule has 3 rings (SSSR count). The van der Waals surface area contributed by atoms with Crippen molar-refractivity contribution in [2.75, 3.05) is 10.5 Å². The van der Waals surface area contributed by atoms with Gasteiger partial charge in [0.1, 0.15) is 5.76 Å². The monoisotopic (exact) mass is 364 g/mol. The van der Waals surface area contributed by atoms with Crippen LogP contribution in [0.15, 0.2) is 16.7 Å². The molecule has 0 aliphatic heterocycles. The van der Waals surface area contributed by atoms with E-state index in [9.17, 15) is 8.42 Å². The number of imidazole rings is 1. The second-order valence-electron chi connectivity index (χ2n) is 5.48. The van der Waals surface area contributed by atoms with Gasteiger partial charge in [-0.2, -0.15) is 0 Å². The van der Waals surface area contributed by atoms with Gasteiger partial charge < -0.3 is 9.51 Å². The van der Waals surface area contributed by atoms with Crippen molar-refractivity contribution >= 4 is 27.0 Å². The van der Waals surface area contributed by atoms with Crippen LogP contribution in [-0.2, 0) is 10.0 Å². The Balaban J connectivity index is 0.00000109. The maximum absolute atomic E-state index is 11.7. The number of aryl methyl sites for hydroxylation is 3. The predicted octanol–water partition coefficient (Wildman–Crippen LogP) is 3.93. The molecule has 0 spiro atoms. The first kappa shape index (κ1) is 19.0. The molecule has 8 heteroatoms. The van der Waals surface area contributed by atoms with Crippen LogP contribution in [0.3, 0.4) is 0 Å². The molecule has 0 saturated carbocycles. The number of H-pyrrole nitrogens is 1. The van der Waals surface area contributed by atoms with Crippen LogP contribution in [0.25, 0.3) is 22.2 Å². The van der Waals surface area contributed by atoms with E-state index >= 15 is 0 Å².